The van der Waals surface area contributed by atoms with Crippen LogP contribution in [0.2, 0.25) is 15.1 Å². The second-order valence-electron chi connectivity index (χ2n) is 10.5. The summed E-state index contributed by atoms with van der Waals surface area (Å²) in [6.45, 7) is 9.10. The SMILES string of the molecule is CC[C@@H](C(=O)NCC(C)C)N(Cc1c(Cl)cccc1Cl)C(=O)CN(c1ccc(C)c(Cl)c1)S(=O)(=O)c1ccc(C)cc1. The lowest BCUT2D eigenvalue weighted by Gasteiger charge is -2.33. The van der Waals surface area contributed by atoms with Crippen molar-refractivity contribution in [3.63, 3.8) is 0 Å². The summed E-state index contributed by atoms with van der Waals surface area (Å²) < 4.78 is 29.0. The Hall–Kier alpha value is -2.78. The van der Waals surface area contributed by atoms with Gasteiger partial charge in [-0.15, -0.1) is 0 Å². The zero-order chi connectivity index (χ0) is 31.2. The highest BCUT2D eigenvalue weighted by atomic mass is 35.5. The summed E-state index contributed by atoms with van der Waals surface area (Å²) in [5.41, 5.74) is 2.31. The molecule has 0 aliphatic carbocycles. The van der Waals surface area contributed by atoms with E-state index in [1.807, 2.05) is 20.8 Å². The van der Waals surface area contributed by atoms with Crippen molar-refractivity contribution in [2.24, 2.45) is 5.92 Å². The van der Waals surface area contributed by atoms with Crippen molar-refractivity contribution in [3.8, 4) is 0 Å². The summed E-state index contributed by atoms with van der Waals surface area (Å²) in [5, 5.41) is 3.90. The Morgan fingerprint density at radius 2 is 1.52 bits per heavy atom. The van der Waals surface area contributed by atoms with E-state index in [0.717, 1.165) is 15.4 Å². The number of nitrogens with one attached hydrogen (secondary N) is 1. The van der Waals surface area contributed by atoms with Crippen LogP contribution in [0.25, 0.3) is 0 Å². The molecule has 0 heterocycles. The van der Waals surface area contributed by atoms with Gasteiger partial charge in [0.1, 0.15) is 12.6 Å². The molecule has 0 saturated heterocycles. The summed E-state index contributed by atoms with van der Waals surface area (Å²) in [4.78, 5) is 28.9. The summed E-state index contributed by atoms with van der Waals surface area (Å²) in [6.07, 6.45) is 0.277. The molecule has 3 aromatic rings. The predicted molar refractivity (Wildman–Crippen MR) is 171 cm³/mol. The van der Waals surface area contributed by atoms with Crippen LogP contribution in [-0.2, 0) is 26.2 Å². The maximum Gasteiger partial charge on any atom is 0.264 e. The molecule has 0 spiro atoms. The van der Waals surface area contributed by atoms with Crippen LogP contribution in [0.5, 0.6) is 0 Å². The highest BCUT2D eigenvalue weighted by Crippen LogP contribution is 2.30. The molecule has 7 nitrogen and oxygen atoms in total. The third-order valence-corrected chi connectivity index (χ3v) is 9.70. The van der Waals surface area contributed by atoms with Crippen molar-refractivity contribution >= 4 is 62.3 Å². The van der Waals surface area contributed by atoms with Gasteiger partial charge in [-0.05, 0) is 68.1 Å². The molecular formula is C31H36Cl3N3O4S. The molecule has 0 unspecified atom stereocenters. The number of halogens is 3. The molecule has 0 aromatic heterocycles. The zero-order valence-corrected chi connectivity index (χ0v) is 27.4. The van der Waals surface area contributed by atoms with Crippen LogP contribution >= 0.6 is 34.8 Å². The third-order valence-electron chi connectivity index (χ3n) is 6.79. The molecule has 42 heavy (non-hydrogen) atoms. The van der Waals surface area contributed by atoms with E-state index < -0.39 is 28.5 Å². The fourth-order valence-electron chi connectivity index (χ4n) is 4.30. The van der Waals surface area contributed by atoms with Gasteiger partial charge in [-0.1, -0.05) is 85.4 Å². The van der Waals surface area contributed by atoms with Crippen molar-refractivity contribution in [2.45, 2.75) is 58.5 Å². The van der Waals surface area contributed by atoms with Crippen LogP contribution in [0.1, 0.15) is 43.9 Å². The number of carbonyl (C=O) groups is 2. The van der Waals surface area contributed by atoms with Crippen LogP contribution in [0.15, 0.2) is 65.6 Å². The first kappa shape index (κ1) is 33.7. The van der Waals surface area contributed by atoms with E-state index in [-0.39, 0.29) is 35.4 Å². The number of benzene rings is 3. The molecule has 11 heteroatoms. The zero-order valence-electron chi connectivity index (χ0n) is 24.3. The van der Waals surface area contributed by atoms with E-state index >= 15 is 0 Å². The number of anilines is 1. The normalized spacial score (nSPS) is 12.2. The van der Waals surface area contributed by atoms with Gasteiger partial charge < -0.3 is 10.2 Å². The van der Waals surface area contributed by atoms with Crippen LogP contribution in [-0.4, -0.2) is 44.3 Å². The van der Waals surface area contributed by atoms with Crippen LogP contribution < -0.4 is 9.62 Å². The first-order valence-electron chi connectivity index (χ1n) is 13.6. The van der Waals surface area contributed by atoms with E-state index in [9.17, 15) is 18.0 Å². The second kappa shape index (κ2) is 14.6. The average molecular weight is 653 g/mol. The van der Waals surface area contributed by atoms with Gasteiger partial charge in [-0.25, -0.2) is 8.42 Å². The Labute approximate surface area is 263 Å². The molecule has 3 rings (SSSR count). The highest BCUT2D eigenvalue weighted by molar-refractivity contribution is 7.92. The minimum Gasteiger partial charge on any atom is -0.354 e. The molecule has 1 atom stereocenters. The number of rotatable bonds is 12. The van der Waals surface area contributed by atoms with Crippen LogP contribution in [0.4, 0.5) is 5.69 Å². The largest absolute Gasteiger partial charge is 0.354 e. The molecule has 2 amide bonds. The van der Waals surface area contributed by atoms with E-state index in [2.05, 4.69) is 5.32 Å². The first-order chi connectivity index (χ1) is 19.8. The second-order valence-corrected chi connectivity index (χ2v) is 13.6. The van der Waals surface area contributed by atoms with Crippen LogP contribution in [0.3, 0.4) is 0 Å². The Kier molecular flexibility index (Phi) is 11.7. The number of sulfonamides is 1. The number of hydrogen-bond acceptors (Lipinski definition) is 4. The number of aryl methyl sites for hydroxylation is 2. The summed E-state index contributed by atoms with van der Waals surface area (Å²) in [6, 6.07) is 15.2. The number of amides is 2. The van der Waals surface area contributed by atoms with Crippen molar-refractivity contribution in [2.75, 3.05) is 17.4 Å². The molecule has 3 aromatic carbocycles. The first-order valence-corrected chi connectivity index (χ1v) is 16.2. The lowest BCUT2D eigenvalue weighted by Crippen LogP contribution is -2.52. The Morgan fingerprint density at radius 1 is 0.905 bits per heavy atom. The predicted octanol–water partition coefficient (Wildman–Crippen LogP) is 7.04. The minimum absolute atomic E-state index is 0.0139. The van der Waals surface area contributed by atoms with Gasteiger partial charge in [0.15, 0.2) is 0 Å². The molecule has 0 bridgehead atoms. The lowest BCUT2D eigenvalue weighted by molar-refractivity contribution is -0.140. The topological polar surface area (TPSA) is 86.8 Å². The van der Waals surface area contributed by atoms with Gasteiger partial charge >= 0.3 is 0 Å². The molecule has 0 radical (unpaired) electrons. The number of hydrogen-bond donors (Lipinski definition) is 1. The van der Waals surface area contributed by atoms with E-state index in [1.165, 1.54) is 23.1 Å². The average Bonchev–Trinajstić information content (AvgIpc) is 2.93. The van der Waals surface area contributed by atoms with Crippen LogP contribution in [0, 0.1) is 19.8 Å². The fraction of sp³-hybridized carbons (Fsp3) is 0.355. The molecule has 1 N–H and O–H groups in total. The molecule has 0 aliphatic rings. The fourth-order valence-corrected chi connectivity index (χ4v) is 6.40. The summed E-state index contributed by atoms with van der Waals surface area (Å²) >= 11 is 19.3. The van der Waals surface area contributed by atoms with Crippen molar-refractivity contribution in [3.05, 3.63) is 92.4 Å². The van der Waals surface area contributed by atoms with E-state index in [0.29, 0.717) is 27.2 Å². The Balaban J connectivity index is 2.11. The molecule has 0 fully saturated rings. The molecule has 0 aliphatic heterocycles. The monoisotopic (exact) mass is 651 g/mol. The van der Waals surface area contributed by atoms with Crippen molar-refractivity contribution in [1.29, 1.82) is 0 Å². The van der Waals surface area contributed by atoms with Gasteiger partial charge in [0.05, 0.1) is 10.6 Å². The number of nitrogens with zero attached hydrogens (tertiary/aromatic N) is 2. The molecule has 0 saturated carbocycles. The Bertz CT molecular complexity index is 1510. The highest BCUT2D eigenvalue weighted by Gasteiger charge is 2.34. The standard InChI is InChI=1S/C31H36Cl3N3O4S/c1-6-29(31(39)35-17-20(2)3)36(18-25-26(32)8-7-9-27(25)33)30(38)19-37(23-13-12-22(5)28(34)16-23)42(40,41)24-14-10-21(4)11-15-24/h7-16,20,29H,6,17-19H2,1-5H3,(H,35,39)/t29-/m0/s1. The molecule has 226 valence electrons. The molecular weight excluding hydrogens is 617 g/mol. The maximum absolute atomic E-state index is 14.2. The van der Waals surface area contributed by atoms with E-state index in [4.69, 9.17) is 34.8 Å². The quantitative estimate of drug-likeness (QED) is 0.227. The lowest BCUT2D eigenvalue weighted by atomic mass is 10.1. The van der Waals surface area contributed by atoms with Gasteiger partial charge in [-0.3, -0.25) is 13.9 Å². The van der Waals surface area contributed by atoms with Gasteiger partial charge in [0.2, 0.25) is 11.8 Å². The number of carbonyl (C=O) groups excluding carboxylic acids is 2. The van der Waals surface area contributed by atoms with Crippen molar-refractivity contribution in [1.82, 2.24) is 10.2 Å². The summed E-state index contributed by atoms with van der Waals surface area (Å²) in [7, 11) is -4.22. The maximum atomic E-state index is 14.2. The van der Waals surface area contributed by atoms with Gasteiger partial charge in [-0.2, -0.15) is 0 Å². The smallest absolute Gasteiger partial charge is 0.264 e. The van der Waals surface area contributed by atoms with Gasteiger partial charge in [0, 0.05) is 33.7 Å². The van der Waals surface area contributed by atoms with Crippen molar-refractivity contribution < 1.29 is 18.0 Å². The van der Waals surface area contributed by atoms with Gasteiger partial charge in [0.25, 0.3) is 10.0 Å². The summed E-state index contributed by atoms with van der Waals surface area (Å²) in [5.74, 6) is -0.769. The Morgan fingerprint density at radius 3 is 2.07 bits per heavy atom. The third kappa shape index (κ3) is 8.19. The minimum atomic E-state index is -4.22. The van der Waals surface area contributed by atoms with E-state index in [1.54, 1.807) is 56.3 Å².